The fourth-order valence-corrected chi connectivity index (χ4v) is 4.05. The van der Waals surface area contributed by atoms with Crippen LogP contribution < -0.4 is 10.2 Å². The molecule has 0 saturated carbocycles. The number of quaternary nitrogens is 1. The van der Waals surface area contributed by atoms with Gasteiger partial charge >= 0.3 is 0 Å². The third-order valence-electron chi connectivity index (χ3n) is 4.69. The number of amides is 1. The van der Waals surface area contributed by atoms with Gasteiger partial charge in [-0.3, -0.25) is 4.79 Å². The lowest BCUT2D eigenvalue weighted by atomic mass is 9.99. The van der Waals surface area contributed by atoms with Gasteiger partial charge in [-0.05, 0) is 38.0 Å². The Balaban J connectivity index is 2.09. The summed E-state index contributed by atoms with van der Waals surface area (Å²) in [6.07, 6.45) is 2.37. The molecule has 0 aromatic heterocycles. The molecule has 134 valence electrons. The molecule has 7 heteroatoms. The molecule has 0 radical (unpaired) electrons. The van der Waals surface area contributed by atoms with E-state index < -0.39 is 10.0 Å². The highest BCUT2D eigenvalue weighted by molar-refractivity contribution is 7.89. The quantitative estimate of drug-likeness (QED) is 0.813. The van der Waals surface area contributed by atoms with Gasteiger partial charge < -0.3 is 10.2 Å². The van der Waals surface area contributed by atoms with E-state index in [0.29, 0.717) is 11.6 Å². The summed E-state index contributed by atoms with van der Waals surface area (Å²) < 4.78 is 25.6. The molecule has 0 aliphatic carbocycles. The smallest absolute Gasteiger partial charge is 0.282 e. The van der Waals surface area contributed by atoms with Gasteiger partial charge in [-0.1, -0.05) is 13.0 Å². The maximum atomic E-state index is 12.5. The van der Waals surface area contributed by atoms with E-state index in [1.54, 1.807) is 12.1 Å². The van der Waals surface area contributed by atoms with Gasteiger partial charge in [-0.15, -0.1) is 0 Å². The van der Waals surface area contributed by atoms with Crippen molar-refractivity contribution in [2.45, 2.75) is 37.6 Å². The maximum absolute atomic E-state index is 12.5. The first-order chi connectivity index (χ1) is 11.2. The summed E-state index contributed by atoms with van der Waals surface area (Å²) in [6.45, 7) is 6.17. The molecule has 0 bridgehead atoms. The number of piperidine rings is 1. The number of sulfonamides is 1. The Kier molecular flexibility index (Phi) is 6.01. The Labute approximate surface area is 144 Å². The van der Waals surface area contributed by atoms with Gasteiger partial charge in [-0.25, -0.2) is 12.7 Å². The van der Waals surface area contributed by atoms with Gasteiger partial charge in [0.1, 0.15) is 0 Å². The van der Waals surface area contributed by atoms with Crippen LogP contribution in [-0.4, -0.2) is 51.9 Å². The summed E-state index contributed by atoms with van der Waals surface area (Å²) >= 11 is 0. The lowest BCUT2D eigenvalue weighted by molar-refractivity contribution is -0.922. The molecule has 1 aromatic rings. The number of carbonyl (C=O) groups is 1. The highest BCUT2D eigenvalue weighted by Gasteiger charge is 2.29. The zero-order valence-corrected chi connectivity index (χ0v) is 15.7. The van der Waals surface area contributed by atoms with Crippen molar-refractivity contribution in [3.63, 3.8) is 0 Å². The van der Waals surface area contributed by atoms with Crippen LogP contribution in [0.15, 0.2) is 29.2 Å². The summed E-state index contributed by atoms with van der Waals surface area (Å²) in [7, 11) is -0.527. The molecule has 1 saturated heterocycles. The monoisotopic (exact) mass is 354 g/mol. The van der Waals surface area contributed by atoms with Gasteiger partial charge in [0.15, 0.2) is 6.04 Å². The molecule has 2 N–H and O–H groups in total. The summed E-state index contributed by atoms with van der Waals surface area (Å²) in [5.74, 6) is 0.566. The van der Waals surface area contributed by atoms with Gasteiger partial charge in [0, 0.05) is 25.7 Å². The van der Waals surface area contributed by atoms with Crippen LogP contribution in [0.25, 0.3) is 0 Å². The molecule has 1 fully saturated rings. The predicted molar refractivity (Wildman–Crippen MR) is 94.5 cm³/mol. The number of nitrogens with zero attached hydrogens (tertiary/aromatic N) is 1. The number of benzene rings is 1. The van der Waals surface area contributed by atoms with Gasteiger partial charge in [-0.2, -0.15) is 0 Å². The van der Waals surface area contributed by atoms with E-state index in [4.69, 9.17) is 0 Å². The second-order valence-electron chi connectivity index (χ2n) is 6.89. The van der Waals surface area contributed by atoms with Crippen molar-refractivity contribution < 1.29 is 18.1 Å². The van der Waals surface area contributed by atoms with Crippen molar-refractivity contribution in [1.82, 2.24) is 4.31 Å². The van der Waals surface area contributed by atoms with Gasteiger partial charge in [0.25, 0.3) is 5.91 Å². The van der Waals surface area contributed by atoms with Gasteiger partial charge in [0.05, 0.1) is 18.0 Å². The Morgan fingerprint density at radius 2 is 2.08 bits per heavy atom. The van der Waals surface area contributed by atoms with Crippen LogP contribution in [0.4, 0.5) is 5.69 Å². The Morgan fingerprint density at radius 1 is 1.38 bits per heavy atom. The van der Waals surface area contributed by atoms with E-state index >= 15 is 0 Å². The number of carbonyl (C=O) groups excluding carboxylic acids is 1. The predicted octanol–water partition coefficient (Wildman–Crippen LogP) is 0.579. The molecule has 24 heavy (non-hydrogen) atoms. The van der Waals surface area contributed by atoms with Crippen LogP contribution in [0.5, 0.6) is 0 Å². The number of likely N-dealkylation sites (tertiary alicyclic amines) is 1. The topological polar surface area (TPSA) is 70.9 Å². The highest BCUT2D eigenvalue weighted by Crippen LogP contribution is 2.18. The molecule has 1 unspecified atom stereocenters. The molecule has 6 nitrogen and oxygen atoms in total. The molecule has 1 heterocycles. The lowest BCUT2D eigenvalue weighted by Crippen LogP contribution is -3.17. The van der Waals surface area contributed by atoms with Crippen molar-refractivity contribution >= 4 is 21.6 Å². The van der Waals surface area contributed by atoms with Crippen molar-refractivity contribution in [3.8, 4) is 0 Å². The summed E-state index contributed by atoms with van der Waals surface area (Å²) in [6, 6.07) is 6.25. The fraction of sp³-hybridized carbons (Fsp3) is 0.588. The van der Waals surface area contributed by atoms with Crippen LogP contribution in [-0.2, 0) is 14.8 Å². The zero-order chi connectivity index (χ0) is 17.9. The molecule has 3 atom stereocenters. The van der Waals surface area contributed by atoms with Crippen molar-refractivity contribution in [3.05, 3.63) is 24.3 Å². The van der Waals surface area contributed by atoms with Crippen molar-refractivity contribution in [1.29, 1.82) is 0 Å². The first-order valence-electron chi connectivity index (χ1n) is 8.40. The largest absolute Gasteiger partial charge is 0.325 e. The average molecular weight is 354 g/mol. The standard InChI is InChI=1S/C17H27N3O3S/c1-13-7-6-10-20(12-13)14(2)17(21)18-15-8-5-9-16(11-15)24(22,23)19(3)4/h5,8-9,11,13-14H,6-7,10,12H2,1-4H3,(H,18,21)/p+1/t13-,14+/m1/s1. The molecule has 1 aliphatic heterocycles. The van der Waals surface area contributed by atoms with E-state index in [1.165, 1.54) is 37.5 Å². The van der Waals surface area contributed by atoms with Crippen LogP contribution in [0.3, 0.4) is 0 Å². The van der Waals surface area contributed by atoms with Crippen molar-refractivity contribution in [2.24, 2.45) is 5.92 Å². The van der Waals surface area contributed by atoms with Crippen LogP contribution in [0.2, 0.25) is 0 Å². The summed E-state index contributed by atoms with van der Waals surface area (Å²) in [4.78, 5) is 14.0. The second kappa shape index (κ2) is 7.63. The van der Waals surface area contributed by atoms with E-state index in [2.05, 4.69) is 12.2 Å². The van der Waals surface area contributed by atoms with E-state index in [9.17, 15) is 13.2 Å². The summed E-state index contributed by atoms with van der Waals surface area (Å²) in [5, 5.41) is 2.86. The number of anilines is 1. The Hall–Kier alpha value is -1.44. The minimum Gasteiger partial charge on any atom is -0.325 e. The second-order valence-corrected chi connectivity index (χ2v) is 9.04. The first kappa shape index (κ1) is 18.9. The minimum absolute atomic E-state index is 0.0708. The number of nitrogens with one attached hydrogen (secondary N) is 2. The number of hydrogen-bond acceptors (Lipinski definition) is 3. The molecular formula is C17H28N3O3S+. The van der Waals surface area contributed by atoms with E-state index in [-0.39, 0.29) is 16.8 Å². The molecule has 1 amide bonds. The molecular weight excluding hydrogens is 326 g/mol. The SMILES string of the molecule is C[C@@H]1CCC[NH+]([C@@H](C)C(=O)Nc2cccc(S(=O)(=O)N(C)C)c2)C1. The Bertz CT molecular complexity index is 688. The summed E-state index contributed by atoms with van der Waals surface area (Å²) in [5.41, 5.74) is 0.513. The van der Waals surface area contributed by atoms with E-state index in [0.717, 1.165) is 23.8 Å². The molecule has 1 aliphatic rings. The fourth-order valence-electron chi connectivity index (χ4n) is 3.10. The molecule has 0 spiro atoms. The van der Waals surface area contributed by atoms with Crippen molar-refractivity contribution in [2.75, 3.05) is 32.5 Å². The normalized spacial score (nSPS) is 23.0. The Morgan fingerprint density at radius 3 is 2.71 bits per heavy atom. The van der Waals surface area contributed by atoms with Crippen LogP contribution >= 0.6 is 0 Å². The molecule has 1 aromatic carbocycles. The third-order valence-corrected chi connectivity index (χ3v) is 6.50. The average Bonchev–Trinajstić information content (AvgIpc) is 2.54. The van der Waals surface area contributed by atoms with Crippen LogP contribution in [0.1, 0.15) is 26.7 Å². The first-order valence-corrected chi connectivity index (χ1v) is 9.84. The van der Waals surface area contributed by atoms with E-state index in [1.807, 2.05) is 6.92 Å². The third kappa shape index (κ3) is 4.34. The minimum atomic E-state index is -3.51. The van der Waals surface area contributed by atoms with Crippen LogP contribution in [0, 0.1) is 5.92 Å². The lowest BCUT2D eigenvalue weighted by Gasteiger charge is -2.31. The molecule has 2 rings (SSSR count). The maximum Gasteiger partial charge on any atom is 0.282 e. The number of rotatable bonds is 5. The van der Waals surface area contributed by atoms with Gasteiger partial charge in [0.2, 0.25) is 10.0 Å². The zero-order valence-electron chi connectivity index (χ0n) is 14.9. The number of hydrogen-bond donors (Lipinski definition) is 2. The highest BCUT2D eigenvalue weighted by atomic mass is 32.2.